The fourth-order valence-corrected chi connectivity index (χ4v) is 1.99. The molecule has 0 aliphatic heterocycles. The van der Waals surface area contributed by atoms with Crippen molar-refractivity contribution in [2.45, 2.75) is 19.3 Å². The van der Waals surface area contributed by atoms with Crippen molar-refractivity contribution in [3.8, 4) is 0 Å². The smallest absolute Gasteiger partial charge is 0.0462 e. The van der Waals surface area contributed by atoms with Crippen LogP contribution in [-0.2, 0) is 11.2 Å². The minimum Gasteiger partial charge on any atom is -0.396 e. The molecule has 0 bridgehead atoms. The van der Waals surface area contributed by atoms with E-state index in [1.807, 2.05) is 12.1 Å². The number of halogens is 1. The maximum absolute atomic E-state index is 9.29. The van der Waals surface area contributed by atoms with E-state index in [0.29, 0.717) is 5.92 Å². The minimum atomic E-state index is 0.250. The number of aliphatic hydroxyl groups excluding tert-OH is 1. The zero-order valence-corrected chi connectivity index (χ0v) is 11.2. The standard InChI is InChI=1S/C13H19BrO2/c1-16-8-2-3-12(10-15)9-11-4-6-13(14)7-5-11/h4-7,12,15H,2-3,8-10H2,1H3. The summed E-state index contributed by atoms with van der Waals surface area (Å²) < 4.78 is 6.11. The van der Waals surface area contributed by atoms with Crippen molar-refractivity contribution < 1.29 is 9.84 Å². The van der Waals surface area contributed by atoms with Crippen LogP contribution in [-0.4, -0.2) is 25.4 Å². The van der Waals surface area contributed by atoms with Gasteiger partial charge in [0, 0.05) is 24.8 Å². The van der Waals surface area contributed by atoms with Crippen LogP contribution in [0.1, 0.15) is 18.4 Å². The third kappa shape index (κ3) is 5.10. The molecule has 0 radical (unpaired) electrons. The maximum atomic E-state index is 9.29. The second-order valence-electron chi connectivity index (χ2n) is 4.01. The first-order valence-corrected chi connectivity index (χ1v) is 6.39. The summed E-state index contributed by atoms with van der Waals surface area (Å²) in [7, 11) is 1.71. The average molecular weight is 287 g/mol. The molecule has 90 valence electrons. The third-order valence-corrected chi connectivity index (χ3v) is 3.19. The summed E-state index contributed by atoms with van der Waals surface area (Å²) in [6.45, 7) is 1.02. The molecule has 0 aliphatic carbocycles. The van der Waals surface area contributed by atoms with Gasteiger partial charge in [0.05, 0.1) is 0 Å². The summed E-state index contributed by atoms with van der Waals surface area (Å²) in [5, 5.41) is 9.29. The van der Waals surface area contributed by atoms with E-state index < -0.39 is 0 Å². The van der Waals surface area contributed by atoms with Crippen molar-refractivity contribution >= 4 is 15.9 Å². The quantitative estimate of drug-likeness (QED) is 0.781. The van der Waals surface area contributed by atoms with Crippen molar-refractivity contribution in [3.05, 3.63) is 34.3 Å². The second kappa shape index (κ2) is 7.82. The number of ether oxygens (including phenoxy) is 1. The molecule has 1 aromatic carbocycles. The van der Waals surface area contributed by atoms with Gasteiger partial charge in [-0.1, -0.05) is 28.1 Å². The first kappa shape index (κ1) is 13.7. The Balaban J connectivity index is 2.40. The highest BCUT2D eigenvalue weighted by Gasteiger charge is 2.08. The first-order valence-electron chi connectivity index (χ1n) is 5.60. The highest BCUT2D eigenvalue weighted by atomic mass is 79.9. The Hall–Kier alpha value is -0.380. The minimum absolute atomic E-state index is 0.250. The van der Waals surface area contributed by atoms with E-state index >= 15 is 0 Å². The topological polar surface area (TPSA) is 29.5 Å². The molecule has 0 fully saturated rings. The summed E-state index contributed by atoms with van der Waals surface area (Å²) in [4.78, 5) is 0. The van der Waals surface area contributed by atoms with Crippen LogP contribution in [0.4, 0.5) is 0 Å². The van der Waals surface area contributed by atoms with Gasteiger partial charge in [0.25, 0.3) is 0 Å². The van der Waals surface area contributed by atoms with Crippen LogP contribution in [0.3, 0.4) is 0 Å². The van der Waals surface area contributed by atoms with Crippen LogP contribution in [0.5, 0.6) is 0 Å². The molecule has 0 amide bonds. The molecular weight excluding hydrogens is 268 g/mol. The molecule has 1 atom stereocenters. The fraction of sp³-hybridized carbons (Fsp3) is 0.538. The maximum Gasteiger partial charge on any atom is 0.0462 e. The normalized spacial score (nSPS) is 12.7. The van der Waals surface area contributed by atoms with Gasteiger partial charge in [-0.25, -0.2) is 0 Å². The Morgan fingerprint density at radius 1 is 1.31 bits per heavy atom. The summed E-state index contributed by atoms with van der Waals surface area (Å²) in [5.74, 6) is 0.344. The van der Waals surface area contributed by atoms with Gasteiger partial charge in [0.15, 0.2) is 0 Å². The van der Waals surface area contributed by atoms with E-state index in [9.17, 15) is 5.11 Å². The molecule has 1 N–H and O–H groups in total. The van der Waals surface area contributed by atoms with Gasteiger partial charge in [0.2, 0.25) is 0 Å². The summed E-state index contributed by atoms with van der Waals surface area (Å²) in [6.07, 6.45) is 2.96. The van der Waals surface area contributed by atoms with Crippen molar-refractivity contribution in [1.82, 2.24) is 0 Å². The fourth-order valence-electron chi connectivity index (χ4n) is 1.73. The predicted molar refractivity (Wildman–Crippen MR) is 69.5 cm³/mol. The van der Waals surface area contributed by atoms with E-state index in [2.05, 4.69) is 28.1 Å². The highest BCUT2D eigenvalue weighted by Crippen LogP contribution is 2.16. The SMILES string of the molecule is COCCCC(CO)Cc1ccc(Br)cc1. The molecule has 0 aliphatic rings. The van der Waals surface area contributed by atoms with Crippen molar-refractivity contribution in [1.29, 1.82) is 0 Å². The number of rotatable bonds is 7. The van der Waals surface area contributed by atoms with Gasteiger partial charge in [-0.15, -0.1) is 0 Å². The molecule has 1 aromatic rings. The van der Waals surface area contributed by atoms with Crippen LogP contribution in [0.15, 0.2) is 28.7 Å². The number of hydrogen-bond donors (Lipinski definition) is 1. The predicted octanol–water partition coefficient (Wildman–Crippen LogP) is 3.03. The van der Waals surface area contributed by atoms with Gasteiger partial charge in [-0.05, 0) is 42.9 Å². The van der Waals surface area contributed by atoms with Crippen LogP contribution >= 0.6 is 15.9 Å². The summed E-state index contributed by atoms with van der Waals surface area (Å²) >= 11 is 3.41. The van der Waals surface area contributed by atoms with E-state index in [4.69, 9.17) is 4.74 Å². The van der Waals surface area contributed by atoms with E-state index in [0.717, 1.165) is 30.3 Å². The summed E-state index contributed by atoms with van der Waals surface area (Å²) in [5.41, 5.74) is 1.28. The first-order chi connectivity index (χ1) is 7.76. The van der Waals surface area contributed by atoms with E-state index in [-0.39, 0.29) is 6.61 Å². The number of hydrogen-bond acceptors (Lipinski definition) is 2. The lowest BCUT2D eigenvalue weighted by Crippen LogP contribution is -2.10. The third-order valence-electron chi connectivity index (χ3n) is 2.66. The van der Waals surface area contributed by atoms with Crippen molar-refractivity contribution in [3.63, 3.8) is 0 Å². The molecule has 3 heteroatoms. The van der Waals surface area contributed by atoms with Gasteiger partial charge >= 0.3 is 0 Å². The van der Waals surface area contributed by atoms with Crippen LogP contribution < -0.4 is 0 Å². The van der Waals surface area contributed by atoms with Gasteiger partial charge in [-0.2, -0.15) is 0 Å². The van der Waals surface area contributed by atoms with Gasteiger partial charge in [-0.3, -0.25) is 0 Å². The Morgan fingerprint density at radius 3 is 2.56 bits per heavy atom. The van der Waals surface area contributed by atoms with Crippen LogP contribution in [0.25, 0.3) is 0 Å². The molecule has 16 heavy (non-hydrogen) atoms. The molecule has 0 saturated carbocycles. The van der Waals surface area contributed by atoms with E-state index in [1.165, 1.54) is 5.56 Å². The molecule has 0 spiro atoms. The molecular formula is C13H19BrO2. The van der Waals surface area contributed by atoms with E-state index in [1.54, 1.807) is 7.11 Å². The molecule has 0 heterocycles. The number of aliphatic hydroxyl groups is 1. The Kier molecular flexibility index (Phi) is 6.69. The van der Waals surface area contributed by atoms with Gasteiger partial charge < -0.3 is 9.84 Å². The molecule has 1 unspecified atom stereocenters. The van der Waals surface area contributed by atoms with Crippen molar-refractivity contribution in [2.75, 3.05) is 20.3 Å². The average Bonchev–Trinajstić information content (AvgIpc) is 2.31. The lowest BCUT2D eigenvalue weighted by Gasteiger charge is -2.13. The van der Waals surface area contributed by atoms with Crippen LogP contribution in [0.2, 0.25) is 0 Å². The van der Waals surface area contributed by atoms with Crippen LogP contribution in [0, 0.1) is 5.92 Å². The van der Waals surface area contributed by atoms with Crippen molar-refractivity contribution in [2.24, 2.45) is 5.92 Å². The summed E-state index contributed by atoms with van der Waals surface area (Å²) in [6, 6.07) is 8.28. The molecule has 1 rings (SSSR count). The highest BCUT2D eigenvalue weighted by molar-refractivity contribution is 9.10. The monoisotopic (exact) mass is 286 g/mol. The molecule has 0 saturated heterocycles. The zero-order chi connectivity index (χ0) is 11.8. The molecule has 2 nitrogen and oxygen atoms in total. The largest absolute Gasteiger partial charge is 0.396 e. The lowest BCUT2D eigenvalue weighted by molar-refractivity contribution is 0.169. The number of methoxy groups -OCH3 is 1. The van der Waals surface area contributed by atoms with Gasteiger partial charge in [0.1, 0.15) is 0 Å². The molecule has 0 aromatic heterocycles. The zero-order valence-electron chi connectivity index (χ0n) is 9.66. The Morgan fingerprint density at radius 2 is 2.00 bits per heavy atom. The Labute approximate surface area is 106 Å². The Bertz CT molecular complexity index is 284. The lowest BCUT2D eigenvalue weighted by atomic mass is 9.96. The number of benzene rings is 1. The second-order valence-corrected chi connectivity index (χ2v) is 4.93.